The third kappa shape index (κ3) is 5.86. The molecule has 0 radical (unpaired) electrons. The number of hydrogen-bond donors (Lipinski definition) is 3. The monoisotopic (exact) mass is 540 g/mol. The van der Waals surface area contributed by atoms with Crippen molar-refractivity contribution in [2.45, 2.75) is 18.5 Å². The molecule has 10 heteroatoms. The molecule has 170 valence electrons. The van der Waals surface area contributed by atoms with Crippen LogP contribution in [0.4, 0.5) is 10.5 Å². The molecule has 3 aromatic carbocycles. The van der Waals surface area contributed by atoms with E-state index in [9.17, 15) is 4.79 Å². The number of amides is 2. The van der Waals surface area contributed by atoms with Crippen LogP contribution < -0.4 is 16.1 Å². The Labute approximate surface area is 216 Å². The molecule has 1 heterocycles. The first-order valence-electron chi connectivity index (χ1n) is 9.85. The van der Waals surface area contributed by atoms with Gasteiger partial charge in [-0.2, -0.15) is 5.10 Å². The summed E-state index contributed by atoms with van der Waals surface area (Å²) in [5.74, 6) is 0. The third-order valence-corrected chi connectivity index (χ3v) is 6.66. The average molecular weight is 543 g/mol. The molecule has 0 spiro atoms. The van der Waals surface area contributed by atoms with Gasteiger partial charge in [-0.1, -0.05) is 76.2 Å². The van der Waals surface area contributed by atoms with E-state index < -0.39 is 12.1 Å². The Morgan fingerprint density at radius 2 is 1.61 bits per heavy atom. The van der Waals surface area contributed by atoms with Gasteiger partial charge in [0.05, 0.1) is 27.8 Å². The lowest BCUT2D eigenvalue weighted by Gasteiger charge is -2.21. The van der Waals surface area contributed by atoms with Gasteiger partial charge in [0, 0.05) is 27.2 Å². The molecule has 0 saturated heterocycles. The van der Waals surface area contributed by atoms with E-state index in [0.29, 0.717) is 48.5 Å². The van der Waals surface area contributed by atoms with Crippen LogP contribution in [0.3, 0.4) is 0 Å². The molecule has 3 aromatic rings. The maximum atomic E-state index is 12.9. The van der Waals surface area contributed by atoms with Crippen molar-refractivity contribution in [1.29, 1.82) is 0 Å². The van der Waals surface area contributed by atoms with E-state index in [4.69, 9.17) is 58.0 Å². The van der Waals surface area contributed by atoms with Crippen molar-refractivity contribution in [3.05, 3.63) is 96.9 Å². The molecule has 1 aliphatic heterocycles. The summed E-state index contributed by atoms with van der Waals surface area (Å²) >= 11 is 30.6. The normalized spacial score (nSPS) is 16.0. The van der Waals surface area contributed by atoms with Crippen LogP contribution in [0.2, 0.25) is 25.1 Å². The van der Waals surface area contributed by atoms with Gasteiger partial charge < -0.3 is 16.1 Å². The first-order chi connectivity index (χ1) is 15.8. The number of halogens is 5. The number of benzene rings is 3. The summed E-state index contributed by atoms with van der Waals surface area (Å²) in [5.41, 5.74) is 6.03. The van der Waals surface area contributed by atoms with E-state index in [0.717, 1.165) is 5.56 Å². The smallest absolute Gasteiger partial charge is 0.320 e. The summed E-state index contributed by atoms with van der Waals surface area (Å²) in [4.78, 5) is 12.9. The van der Waals surface area contributed by atoms with E-state index in [1.807, 2.05) is 24.3 Å². The summed E-state index contributed by atoms with van der Waals surface area (Å²) < 4.78 is 0. The largest absolute Gasteiger partial charge is 0.326 e. The van der Waals surface area contributed by atoms with Crippen molar-refractivity contribution in [3.63, 3.8) is 0 Å². The van der Waals surface area contributed by atoms with Crippen molar-refractivity contribution in [3.8, 4) is 0 Å². The number of nitrogens with zero attached hydrogens (tertiary/aromatic N) is 1. The quantitative estimate of drug-likeness (QED) is 0.307. The highest BCUT2D eigenvalue weighted by Crippen LogP contribution is 2.33. The van der Waals surface area contributed by atoms with Crippen molar-refractivity contribution in [2.75, 3.05) is 5.32 Å². The maximum absolute atomic E-state index is 12.9. The Balaban J connectivity index is 1.56. The summed E-state index contributed by atoms with van der Waals surface area (Å²) in [6.07, 6.45) is 0.554. The Hall–Kier alpha value is -2.15. The molecule has 2 amide bonds. The molecule has 2 atom stereocenters. The van der Waals surface area contributed by atoms with Crippen LogP contribution in [0.1, 0.15) is 29.6 Å². The van der Waals surface area contributed by atoms with Gasteiger partial charge in [0.1, 0.15) is 0 Å². The Morgan fingerprint density at radius 3 is 2.30 bits per heavy atom. The Kier molecular flexibility index (Phi) is 7.57. The van der Waals surface area contributed by atoms with Gasteiger partial charge in [-0.25, -0.2) is 4.79 Å². The summed E-state index contributed by atoms with van der Waals surface area (Å²) in [7, 11) is 0. The highest BCUT2D eigenvalue weighted by molar-refractivity contribution is 6.42. The SMILES string of the molecule is O=C(Nc1ccc(Cl)c(Cl)c1)NC(C1=NNC(c2ccc(Cl)cc2)C1)c1ccc(Cl)cc1Cl. The minimum Gasteiger partial charge on any atom is -0.326 e. The van der Waals surface area contributed by atoms with E-state index in [1.165, 1.54) is 0 Å². The zero-order valence-corrected chi connectivity index (χ0v) is 20.7. The fraction of sp³-hybridized carbons (Fsp3) is 0.130. The van der Waals surface area contributed by atoms with Crippen LogP contribution >= 0.6 is 58.0 Å². The molecule has 0 aliphatic carbocycles. The fourth-order valence-corrected chi connectivity index (χ4v) is 4.42. The average Bonchev–Trinajstić information content (AvgIpc) is 3.26. The van der Waals surface area contributed by atoms with Crippen molar-refractivity contribution >= 4 is 75.4 Å². The molecule has 2 unspecified atom stereocenters. The lowest BCUT2D eigenvalue weighted by Crippen LogP contribution is -2.36. The first kappa shape index (κ1) is 24.0. The summed E-state index contributed by atoms with van der Waals surface area (Å²) in [5, 5.41) is 12.5. The Morgan fingerprint density at radius 1 is 0.879 bits per heavy atom. The fourth-order valence-electron chi connectivity index (χ4n) is 3.48. The minimum atomic E-state index is -0.595. The van der Waals surface area contributed by atoms with Crippen molar-refractivity contribution < 1.29 is 4.79 Å². The molecule has 1 aliphatic rings. The van der Waals surface area contributed by atoms with E-state index in [-0.39, 0.29) is 6.04 Å². The van der Waals surface area contributed by atoms with Crippen LogP contribution in [0.25, 0.3) is 0 Å². The Bertz CT molecular complexity index is 1220. The second kappa shape index (κ2) is 10.4. The number of rotatable bonds is 5. The third-order valence-electron chi connectivity index (χ3n) is 5.11. The second-order valence-electron chi connectivity index (χ2n) is 7.37. The number of hydrazone groups is 1. The molecule has 0 aromatic heterocycles. The lowest BCUT2D eigenvalue weighted by atomic mass is 9.95. The highest BCUT2D eigenvalue weighted by Gasteiger charge is 2.30. The van der Waals surface area contributed by atoms with Crippen LogP contribution in [-0.2, 0) is 0 Å². The molecule has 0 fully saturated rings. The van der Waals surface area contributed by atoms with Gasteiger partial charge in [-0.05, 0) is 53.6 Å². The number of nitrogens with one attached hydrogen (secondary N) is 3. The van der Waals surface area contributed by atoms with E-state index >= 15 is 0 Å². The maximum Gasteiger partial charge on any atom is 0.320 e. The topological polar surface area (TPSA) is 65.5 Å². The molecule has 0 bridgehead atoms. The van der Waals surface area contributed by atoms with Gasteiger partial charge in [0.2, 0.25) is 0 Å². The van der Waals surface area contributed by atoms with E-state index in [2.05, 4.69) is 21.2 Å². The lowest BCUT2D eigenvalue weighted by molar-refractivity contribution is 0.251. The predicted octanol–water partition coefficient (Wildman–Crippen LogP) is 7.91. The van der Waals surface area contributed by atoms with Gasteiger partial charge in [-0.15, -0.1) is 0 Å². The molecule has 3 N–H and O–H groups in total. The number of urea groups is 1. The zero-order chi connectivity index (χ0) is 23.5. The van der Waals surface area contributed by atoms with Crippen LogP contribution in [0.5, 0.6) is 0 Å². The second-order valence-corrected chi connectivity index (χ2v) is 9.46. The standard InChI is InChI=1S/C23H17Cl5N4O/c24-13-3-1-12(2-4-13)20-11-21(32-31-20)22(16-7-5-14(25)9-18(16)27)30-23(33)29-15-6-8-17(26)19(28)10-15/h1-10,20,22,31H,11H2,(H2,29,30,33). The van der Waals surface area contributed by atoms with Gasteiger partial charge in [0.25, 0.3) is 0 Å². The van der Waals surface area contributed by atoms with Gasteiger partial charge in [-0.3, -0.25) is 0 Å². The molecule has 4 rings (SSSR count). The van der Waals surface area contributed by atoms with Gasteiger partial charge in [0.15, 0.2) is 0 Å². The number of hydrogen-bond acceptors (Lipinski definition) is 3. The highest BCUT2D eigenvalue weighted by atomic mass is 35.5. The predicted molar refractivity (Wildman–Crippen MR) is 137 cm³/mol. The van der Waals surface area contributed by atoms with Crippen molar-refractivity contribution in [1.82, 2.24) is 10.7 Å². The number of carbonyl (C=O) groups is 1. The molecule has 5 nitrogen and oxygen atoms in total. The van der Waals surface area contributed by atoms with E-state index in [1.54, 1.807) is 36.4 Å². The summed E-state index contributed by atoms with van der Waals surface area (Å²) in [6, 6.07) is 16.4. The molecule has 0 saturated carbocycles. The van der Waals surface area contributed by atoms with Crippen LogP contribution in [0, 0.1) is 0 Å². The van der Waals surface area contributed by atoms with Crippen molar-refractivity contribution in [2.24, 2.45) is 5.10 Å². The molecular weight excluding hydrogens is 526 g/mol. The number of anilines is 1. The molecular formula is C23H17Cl5N4O. The van der Waals surface area contributed by atoms with Crippen LogP contribution in [-0.4, -0.2) is 11.7 Å². The summed E-state index contributed by atoms with van der Waals surface area (Å²) in [6.45, 7) is 0. The minimum absolute atomic E-state index is 0.0641. The van der Waals surface area contributed by atoms with Gasteiger partial charge >= 0.3 is 6.03 Å². The zero-order valence-electron chi connectivity index (χ0n) is 16.9. The number of carbonyl (C=O) groups excluding carboxylic acids is 1. The van der Waals surface area contributed by atoms with Crippen LogP contribution in [0.15, 0.2) is 65.8 Å². The first-order valence-corrected chi connectivity index (χ1v) is 11.7. The molecule has 33 heavy (non-hydrogen) atoms.